The molecule has 0 unspecified atom stereocenters. The lowest BCUT2D eigenvalue weighted by Crippen LogP contribution is -2.12. The van der Waals surface area contributed by atoms with E-state index in [4.69, 9.17) is 11.6 Å². The summed E-state index contributed by atoms with van der Waals surface area (Å²) in [5.41, 5.74) is 0. The number of hydrogen-bond acceptors (Lipinski definition) is 2. The molecule has 1 atom stereocenters. The van der Waals surface area contributed by atoms with Crippen molar-refractivity contribution in [3.05, 3.63) is 0 Å². The molecule has 0 rings (SSSR count). The Morgan fingerprint density at radius 2 is 2.33 bits per heavy atom. The number of rotatable bonds is 3. The van der Waals surface area contributed by atoms with Gasteiger partial charge in [-0.2, -0.15) is 0 Å². The summed E-state index contributed by atoms with van der Waals surface area (Å²) >= 11 is 5.15. The van der Waals surface area contributed by atoms with E-state index < -0.39 is 0 Å². The second-order valence-corrected chi connectivity index (χ2v) is 2.10. The van der Waals surface area contributed by atoms with Gasteiger partial charge in [-0.1, -0.05) is 25.4 Å². The van der Waals surface area contributed by atoms with E-state index in [0.717, 1.165) is 6.42 Å². The van der Waals surface area contributed by atoms with Gasteiger partial charge in [0.1, 0.15) is 0 Å². The molecule has 0 N–H and O–H groups in total. The summed E-state index contributed by atoms with van der Waals surface area (Å²) in [5.74, 6) is -0.240. The molecule has 0 amide bonds. The fourth-order valence-electron chi connectivity index (χ4n) is 0.363. The number of esters is 1. The fourth-order valence-corrected chi connectivity index (χ4v) is 0.470. The fraction of sp³-hybridized carbons (Fsp3) is 0.833. The maximum atomic E-state index is 10.7. The van der Waals surface area contributed by atoms with Crippen molar-refractivity contribution in [2.45, 2.75) is 20.3 Å². The molecule has 54 valence electrons. The molecule has 0 aliphatic heterocycles. The van der Waals surface area contributed by atoms with Crippen LogP contribution in [0.25, 0.3) is 0 Å². The maximum absolute atomic E-state index is 10.7. The summed E-state index contributed by atoms with van der Waals surface area (Å²) in [6.07, 6.45) is 0.801. The molecule has 2 nitrogen and oxygen atoms in total. The van der Waals surface area contributed by atoms with Crippen molar-refractivity contribution in [1.82, 2.24) is 0 Å². The molecule has 9 heavy (non-hydrogen) atoms. The monoisotopic (exact) mass is 150 g/mol. The van der Waals surface area contributed by atoms with Crippen LogP contribution in [0.5, 0.6) is 0 Å². The van der Waals surface area contributed by atoms with Gasteiger partial charge >= 0.3 is 5.97 Å². The van der Waals surface area contributed by atoms with Gasteiger partial charge in [0.25, 0.3) is 0 Å². The second-order valence-electron chi connectivity index (χ2n) is 1.88. The maximum Gasteiger partial charge on any atom is 0.309 e. The van der Waals surface area contributed by atoms with Gasteiger partial charge in [-0.25, -0.2) is 0 Å². The van der Waals surface area contributed by atoms with Crippen LogP contribution in [0.2, 0.25) is 0 Å². The lowest BCUT2D eigenvalue weighted by molar-refractivity contribution is -0.145. The number of alkyl halides is 1. The van der Waals surface area contributed by atoms with Gasteiger partial charge in [0.15, 0.2) is 6.07 Å². The summed E-state index contributed by atoms with van der Waals surface area (Å²) in [4.78, 5) is 10.7. The minimum atomic E-state index is -0.215. The zero-order valence-corrected chi connectivity index (χ0v) is 6.44. The molecule has 0 fully saturated rings. The average molecular weight is 151 g/mol. The molecular weight excluding hydrogens is 140 g/mol. The minimum absolute atomic E-state index is 0.0243. The highest BCUT2D eigenvalue weighted by Crippen LogP contribution is 2.02. The van der Waals surface area contributed by atoms with E-state index in [9.17, 15) is 4.79 Å². The van der Waals surface area contributed by atoms with Crippen LogP contribution < -0.4 is 0 Å². The Labute approximate surface area is 60.1 Å². The Morgan fingerprint density at radius 1 is 1.78 bits per heavy atom. The molecule has 0 heterocycles. The molecule has 0 aliphatic carbocycles. The van der Waals surface area contributed by atoms with Crippen molar-refractivity contribution < 1.29 is 9.53 Å². The Balaban J connectivity index is 3.46. The molecule has 0 spiro atoms. The van der Waals surface area contributed by atoms with Crippen LogP contribution in [-0.4, -0.2) is 12.0 Å². The molecule has 0 aromatic heterocycles. The first-order valence-electron chi connectivity index (χ1n) is 2.95. The number of halogens is 1. The van der Waals surface area contributed by atoms with Gasteiger partial charge in [0.2, 0.25) is 0 Å². The van der Waals surface area contributed by atoms with E-state index >= 15 is 0 Å². The van der Waals surface area contributed by atoms with Crippen LogP contribution in [0.1, 0.15) is 20.3 Å². The highest BCUT2D eigenvalue weighted by Gasteiger charge is 2.09. The number of ether oxygens (including phenoxy) is 1. The van der Waals surface area contributed by atoms with Crippen molar-refractivity contribution in [1.29, 1.82) is 0 Å². The number of carbonyl (C=O) groups excluding carboxylic acids is 1. The highest BCUT2D eigenvalue weighted by molar-refractivity contribution is 6.17. The van der Waals surface area contributed by atoms with Crippen molar-refractivity contribution in [2.24, 2.45) is 5.92 Å². The summed E-state index contributed by atoms with van der Waals surface area (Å²) in [6, 6.07) is -0.0385. The van der Waals surface area contributed by atoms with Gasteiger partial charge < -0.3 is 4.74 Å². The van der Waals surface area contributed by atoms with Gasteiger partial charge in [0, 0.05) is 0 Å². The third-order valence-electron chi connectivity index (χ3n) is 1.21. The first-order valence-corrected chi connectivity index (χ1v) is 3.48. The van der Waals surface area contributed by atoms with Gasteiger partial charge in [-0.05, 0) is 6.42 Å². The van der Waals surface area contributed by atoms with Crippen LogP contribution in [0.4, 0.5) is 0 Å². The molecule has 0 saturated carbocycles. The minimum Gasteiger partial charge on any atom is -0.449 e. The molecule has 3 heteroatoms. The Morgan fingerprint density at radius 3 is 2.67 bits per heavy atom. The summed E-state index contributed by atoms with van der Waals surface area (Å²) in [6.45, 7) is 3.75. The van der Waals surface area contributed by atoms with Gasteiger partial charge in [-0.3, -0.25) is 4.79 Å². The number of carbonyl (C=O) groups is 1. The Kier molecular flexibility index (Phi) is 4.50. The van der Waals surface area contributed by atoms with Crippen molar-refractivity contribution in [3.63, 3.8) is 0 Å². The molecule has 0 bridgehead atoms. The zero-order valence-electron chi connectivity index (χ0n) is 5.69. The number of hydrogen-bond donors (Lipinski definition) is 0. The lowest BCUT2D eigenvalue weighted by Gasteiger charge is -2.04. The van der Waals surface area contributed by atoms with Gasteiger partial charge in [0.05, 0.1) is 5.92 Å². The molecule has 0 aromatic carbocycles. The topological polar surface area (TPSA) is 26.3 Å². The van der Waals surface area contributed by atoms with Crippen molar-refractivity contribution in [2.75, 3.05) is 6.07 Å². The smallest absolute Gasteiger partial charge is 0.309 e. The SMILES string of the molecule is CC[C@H](C)C(=O)OCCl. The predicted molar refractivity (Wildman–Crippen MR) is 36.3 cm³/mol. The van der Waals surface area contributed by atoms with Crippen molar-refractivity contribution >= 4 is 17.6 Å². The quantitative estimate of drug-likeness (QED) is 0.453. The third kappa shape index (κ3) is 3.36. The first kappa shape index (κ1) is 8.76. The Hall–Kier alpha value is -0.240. The summed E-state index contributed by atoms with van der Waals surface area (Å²) in [7, 11) is 0. The first-order chi connectivity index (χ1) is 4.22. The second kappa shape index (κ2) is 4.62. The lowest BCUT2D eigenvalue weighted by atomic mass is 10.1. The van der Waals surface area contributed by atoms with E-state index in [1.165, 1.54) is 0 Å². The molecule has 0 aromatic rings. The predicted octanol–water partition coefficient (Wildman–Crippen LogP) is 1.77. The molecule has 0 aliphatic rings. The normalized spacial score (nSPS) is 12.8. The van der Waals surface area contributed by atoms with Crippen LogP contribution >= 0.6 is 11.6 Å². The summed E-state index contributed by atoms with van der Waals surface area (Å²) in [5, 5.41) is 0. The standard InChI is InChI=1S/C6H11ClO2/c1-3-5(2)6(8)9-4-7/h5H,3-4H2,1-2H3/t5-/m0/s1. The van der Waals surface area contributed by atoms with Crippen molar-refractivity contribution in [3.8, 4) is 0 Å². The van der Waals surface area contributed by atoms with E-state index in [-0.39, 0.29) is 18.0 Å². The van der Waals surface area contributed by atoms with E-state index in [2.05, 4.69) is 4.74 Å². The average Bonchev–Trinajstić information content (AvgIpc) is 1.87. The van der Waals surface area contributed by atoms with Crippen LogP contribution in [0.15, 0.2) is 0 Å². The van der Waals surface area contributed by atoms with Crippen LogP contribution in [0.3, 0.4) is 0 Å². The van der Waals surface area contributed by atoms with Gasteiger partial charge in [-0.15, -0.1) is 0 Å². The molecule has 0 radical (unpaired) electrons. The Bertz CT molecular complexity index is 93.1. The zero-order chi connectivity index (χ0) is 7.28. The highest BCUT2D eigenvalue weighted by atomic mass is 35.5. The largest absolute Gasteiger partial charge is 0.449 e. The molecule has 0 saturated heterocycles. The molecular formula is C6H11ClO2. The van der Waals surface area contributed by atoms with E-state index in [1.54, 1.807) is 0 Å². The third-order valence-corrected chi connectivity index (χ3v) is 1.32. The summed E-state index contributed by atoms with van der Waals surface area (Å²) < 4.78 is 4.52. The van der Waals surface area contributed by atoms with E-state index in [0.29, 0.717) is 0 Å². The van der Waals surface area contributed by atoms with Crippen LogP contribution in [0, 0.1) is 5.92 Å². The van der Waals surface area contributed by atoms with Crippen LogP contribution in [-0.2, 0) is 9.53 Å². The van der Waals surface area contributed by atoms with E-state index in [1.807, 2.05) is 13.8 Å².